The standard InChI is InChI=1S/C22H26N2O/c1-16(2)13-14-24-15-17-7-12-22(21-6-4-3-5-20(17)21)25-19-10-8-18(23)9-11-19/h3-12,16,24H,13-15,23H2,1-2H3. The van der Waals surface area contributed by atoms with Crippen molar-refractivity contribution in [3.63, 3.8) is 0 Å². The summed E-state index contributed by atoms with van der Waals surface area (Å²) in [5.41, 5.74) is 7.78. The molecule has 0 unspecified atom stereocenters. The van der Waals surface area contributed by atoms with E-state index in [1.54, 1.807) is 0 Å². The Morgan fingerprint density at radius 2 is 1.64 bits per heavy atom. The number of nitrogens with one attached hydrogen (secondary N) is 1. The molecule has 3 N–H and O–H groups in total. The molecule has 0 spiro atoms. The highest BCUT2D eigenvalue weighted by Crippen LogP contribution is 2.32. The topological polar surface area (TPSA) is 47.3 Å². The van der Waals surface area contributed by atoms with E-state index in [9.17, 15) is 0 Å². The van der Waals surface area contributed by atoms with Crippen LogP contribution in [0.4, 0.5) is 5.69 Å². The van der Waals surface area contributed by atoms with Gasteiger partial charge in [0.1, 0.15) is 11.5 Å². The van der Waals surface area contributed by atoms with E-state index in [0.717, 1.165) is 41.6 Å². The minimum absolute atomic E-state index is 0.722. The number of nitrogen functional groups attached to an aromatic ring is 1. The average Bonchev–Trinajstić information content (AvgIpc) is 2.62. The van der Waals surface area contributed by atoms with Gasteiger partial charge in [-0.15, -0.1) is 0 Å². The van der Waals surface area contributed by atoms with Crippen LogP contribution in [0, 0.1) is 5.92 Å². The normalized spacial score (nSPS) is 11.2. The van der Waals surface area contributed by atoms with E-state index in [0.29, 0.717) is 0 Å². The number of nitrogens with two attached hydrogens (primary N) is 1. The summed E-state index contributed by atoms with van der Waals surface area (Å²) in [6, 6.07) is 20.1. The molecule has 0 saturated heterocycles. The smallest absolute Gasteiger partial charge is 0.135 e. The summed E-state index contributed by atoms with van der Waals surface area (Å²) in [6.45, 7) is 6.41. The van der Waals surface area contributed by atoms with Gasteiger partial charge in [0, 0.05) is 17.6 Å². The first kappa shape index (κ1) is 17.3. The number of rotatable bonds is 7. The van der Waals surface area contributed by atoms with Crippen LogP contribution in [0.3, 0.4) is 0 Å². The predicted octanol–water partition coefficient (Wildman–Crippen LogP) is 5.35. The quantitative estimate of drug-likeness (QED) is 0.452. The molecule has 130 valence electrons. The minimum Gasteiger partial charge on any atom is -0.457 e. The van der Waals surface area contributed by atoms with Gasteiger partial charge >= 0.3 is 0 Å². The number of benzene rings is 3. The summed E-state index contributed by atoms with van der Waals surface area (Å²) >= 11 is 0. The summed E-state index contributed by atoms with van der Waals surface area (Å²) in [4.78, 5) is 0. The third-order valence-electron chi connectivity index (χ3n) is 4.30. The highest BCUT2D eigenvalue weighted by atomic mass is 16.5. The number of ether oxygens (including phenoxy) is 1. The van der Waals surface area contributed by atoms with Crippen molar-refractivity contribution in [1.82, 2.24) is 5.32 Å². The Kier molecular flexibility index (Phi) is 5.56. The fourth-order valence-corrected chi connectivity index (χ4v) is 2.85. The summed E-state index contributed by atoms with van der Waals surface area (Å²) in [7, 11) is 0. The Morgan fingerprint density at radius 1 is 0.920 bits per heavy atom. The van der Waals surface area contributed by atoms with Crippen LogP contribution in [0.15, 0.2) is 60.7 Å². The zero-order valence-electron chi connectivity index (χ0n) is 15.0. The molecule has 3 aromatic carbocycles. The van der Waals surface area contributed by atoms with Crippen LogP contribution >= 0.6 is 0 Å². The lowest BCUT2D eigenvalue weighted by Crippen LogP contribution is -2.16. The van der Waals surface area contributed by atoms with Crippen LogP contribution in [0.25, 0.3) is 10.8 Å². The maximum Gasteiger partial charge on any atom is 0.135 e. The molecule has 0 heterocycles. The lowest BCUT2D eigenvalue weighted by Gasteiger charge is -2.13. The first-order valence-corrected chi connectivity index (χ1v) is 8.88. The molecule has 0 saturated carbocycles. The second kappa shape index (κ2) is 8.04. The van der Waals surface area contributed by atoms with Crippen molar-refractivity contribution in [1.29, 1.82) is 0 Å². The third kappa shape index (κ3) is 4.52. The van der Waals surface area contributed by atoms with Gasteiger partial charge in [0.25, 0.3) is 0 Å². The number of fused-ring (bicyclic) bond motifs is 1. The minimum atomic E-state index is 0.722. The molecule has 0 fully saturated rings. The number of hydrogen-bond donors (Lipinski definition) is 2. The average molecular weight is 334 g/mol. The molecule has 3 heteroatoms. The second-order valence-electron chi connectivity index (χ2n) is 6.80. The summed E-state index contributed by atoms with van der Waals surface area (Å²) in [5, 5.41) is 5.90. The fourth-order valence-electron chi connectivity index (χ4n) is 2.85. The van der Waals surface area contributed by atoms with Gasteiger partial charge in [0.05, 0.1) is 0 Å². The zero-order valence-corrected chi connectivity index (χ0v) is 15.0. The predicted molar refractivity (Wildman–Crippen MR) is 106 cm³/mol. The molecule has 0 radical (unpaired) electrons. The highest BCUT2D eigenvalue weighted by molar-refractivity contribution is 5.91. The van der Waals surface area contributed by atoms with Crippen LogP contribution in [-0.2, 0) is 6.54 Å². The van der Waals surface area contributed by atoms with Gasteiger partial charge < -0.3 is 15.8 Å². The number of hydrogen-bond acceptors (Lipinski definition) is 3. The van der Waals surface area contributed by atoms with Crippen LogP contribution in [-0.4, -0.2) is 6.54 Å². The summed E-state index contributed by atoms with van der Waals surface area (Å²) in [5.74, 6) is 2.38. The lowest BCUT2D eigenvalue weighted by molar-refractivity contribution is 0.488. The van der Waals surface area contributed by atoms with Crippen molar-refractivity contribution in [2.24, 2.45) is 5.92 Å². The van der Waals surface area contributed by atoms with E-state index in [-0.39, 0.29) is 0 Å². The van der Waals surface area contributed by atoms with E-state index in [4.69, 9.17) is 10.5 Å². The molecule has 0 amide bonds. The van der Waals surface area contributed by atoms with Gasteiger partial charge in [-0.2, -0.15) is 0 Å². The third-order valence-corrected chi connectivity index (χ3v) is 4.30. The zero-order chi connectivity index (χ0) is 17.6. The summed E-state index contributed by atoms with van der Waals surface area (Å²) in [6.07, 6.45) is 1.19. The first-order chi connectivity index (χ1) is 12.1. The Balaban J connectivity index is 1.81. The molecule has 0 aliphatic rings. The van der Waals surface area contributed by atoms with Crippen molar-refractivity contribution in [2.45, 2.75) is 26.8 Å². The van der Waals surface area contributed by atoms with Crippen molar-refractivity contribution in [2.75, 3.05) is 12.3 Å². The van der Waals surface area contributed by atoms with Gasteiger partial charge in [0.2, 0.25) is 0 Å². The van der Waals surface area contributed by atoms with Crippen LogP contribution in [0.2, 0.25) is 0 Å². The van der Waals surface area contributed by atoms with Gasteiger partial charge in [-0.3, -0.25) is 0 Å². The molecular weight excluding hydrogens is 308 g/mol. The highest BCUT2D eigenvalue weighted by Gasteiger charge is 2.08. The maximum absolute atomic E-state index is 6.08. The number of anilines is 1. The second-order valence-corrected chi connectivity index (χ2v) is 6.80. The van der Waals surface area contributed by atoms with E-state index < -0.39 is 0 Å². The van der Waals surface area contributed by atoms with E-state index in [1.807, 2.05) is 30.3 Å². The molecule has 3 nitrogen and oxygen atoms in total. The SMILES string of the molecule is CC(C)CCNCc1ccc(Oc2ccc(N)cc2)c2ccccc12. The molecule has 0 atom stereocenters. The molecule has 0 aliphatic carbocycles. The monoisotopic (exact) mass is 334 g/mol. The van der Waals surface area contributed by atoms with Crippen molar-refractivity contribution in [3.8, 4) is 11.5 Å². The Labute approximate surface area is 149 Å². The molecular formula is C22H26N2O. The molecule has 3 rings (SSSR count). The molecule has 0 aliphatic heterocycles. The largest absolute Gasteiger partial charge is 0.457 e. The van der Waals surface area contributed by atoms with Crippen molar-refractivity contribution >= 4 is 16.5 Å². The van der Waals surface area contributed by atoms with Gasteiger partial charge in [-0.05, 0) is 60.2 Å². The maximum atomic E-state index is 6.08. The molecule has 0 aromatic heterocycles. The van der Waals surface area contributed by atoms with Crippen molar-refractivity contribution in [3.05, 3.63) is 66.2 Å². The van der Waals surface area contributed by atoms with Crippen LogP contribution < -0.4 is 15.8 Å². The Morgan fingerprint density at radius 3 is 2.36 bits per heavy atom. The Hall–Kier alpha value is -2.52. The van der Waals surface area contributed by atoms with Crippen molar-refractivity contribution < 1.29 is 4.74 Å². The first-order valence-electron chi connectivity index (χ1n) is 8.88. The van der Waals surface area contributed by atoms with Crippen LogP contribution in [0.5, 0.6) is 11.5 Å². The van der Waals surface area contributed by atoms with E-state index in [2.05, 4.69) is 49.5 Å². The van der Waals surface area contributed by atoms with Gasteiger partial charge in [-0.25, -0.2) is 0 Å². The van der Waals surface area contributed by atoms with Crippen LogP contribution in [0.1, 0.15) is 25.8 Å². The lowest BCUT2D eigenvalue weighted by atomic mass is 10.0. The molecule has 3 aromatic rings. The fraction of sp³-hybridized carbons (Fsp3) is 0.273. The summed E-state index contributed by atoms with van der Waals surface area (Å²) < 4.78 is 6.08. The van der Waals surface area contributed by atoms with Gasteiger partial charge in [-0.1, -0.05) is 44.2 Å². The molecule has 0 bridgehead atoms. The molecule has 25 heavy (non-hydrogen) atoms. The Bertz CT molecular complexity index is 825. The van der Waals surface area contributed by atoms with Gasteiger partial charge in [0.15, 0.2) is 0 Å². The van der Waals surface area contributed by atoms with E-state index in [1.165, 1.54) is 17.4 Å². The van der Waals surface area contributed by atoms with E-state index >= 15 is 0 Å².